The van der Waals surface area contributed by atoms with Crippen molar-refractivity contribution in [2.24, 2.45) is 0 Å². The maximum absolute atomic E-state index is 12.7. The maximum Gasteiger partial charge on any atom is 0.488 e. The van der Waals surface area contributed by atoms with Crippen LogP contribution in [-0.2, 0) is 21.8 Å². The second-order valence-electron chi connectivity index (χ2n) is 7.47. The number of rotatable bonds is 7. The van der Waals surface area contributed by atoms with Crippen LogP contribution in [0.5, 0.6) is 5.75 Å². The number of hydrogen-bond acceptors (Lipinski definition) is 7. The average Bonchev–Trinajstić information content (AvgIpc) is 2.78. The zero-order chi connectivity index (χ0) is 24.3. The molecule has 3 aromatic rings. The molecule has 3 N–H and O–H groups in total. The minimum absolute atomic E-state index is 0.0927. The molecule has 2 amide bonds. The van der Waals surface area contributed by atoms with Crippen LogP contribution in [0.1, 0.15) is 22.8 Å². The van der Waals surface area contributed by atoms with Gasteiger partial charge in [-0.2, -0.15) is 8.42 Å². The van der Waals surface area contributed by atoms with Gasteiger partial charge in [-0.15, -0.1) is 11.8 Å². The van der Waals surface area contributed by atoms with Gasteiger partial charge in [-0.05, 0) is 67.1 Å². The summed E-state index contributed by atoms with van der Waals surface area (Å²) in [6.45, 7) is 2.25. The lowest BCUT2D eigenvalue weighted by molar-refractivity contribution is -0.115. The van der Waals surface area contributed by atoms with Gasteiger partial charge >= 0.3 is 10.5 Å². The Balaban J connectivity index is 1.38. The number of carbonyl (C=O) groups excluding carboxylic acids is 2. The van der Waals surface area contributed by atoms with Crippen molar-refractivity contribution >= 4 is 51.1 Å². The van der Waals surface area contributed by atoms with Crippen LogP contribution in [0.4, 0.5) is 20.9 Å². The van der Waals surface area contributed by atoms with Crippen LogP contribution in [-0.4, -0.2) is 25.5 Å². The van der Waals surface area contributed by atoms with E-state index in [9.17, 15) is 21.9 Å². The van der Waals surface area contributed by atoms with Crippen LogP contribution >= 0.6 is 11.8 Å². The molecule has 0 saturated heterocycles. The lowest BCUT2D eigenvalue weighted by Gasteiger charge is -2.21. The van der Waals surface area contributed by atoms with E-state index < -0.39 is 10.5 Å². The number of amides is 2. The summed E-state index contributed by atoms with van der Waals surface area (Å²) in [5.41, 5.74) is 3.20. The van der Waals surface area contributed by atoms with Crippen molar-refractivity contribution in [3.05, 3.63) is 77.9 Å². The molecule has 11 heteroatoms. The third-order valence-electron chi connectivity index (χ3n) is 4.90. The standard InChI is InChI=1S/C23H20FN3O5S2/c1-14-22(28)27-20-12-16(5-10-21(20)33-14)23(29)26-18-4-2-3-15(11-18)13-25-17-6-8-19(9-7-17)32-34(24,30)31/h2-12,14,25H,13H2,1H3,(H,26,29)(H,27,28). The molecular weight excluding hydrogens is 481 g/mol. The molecule has 1 aliphatic rings. The fourth-order valence-corrected chi connectivity index (χ4v) is 4.53. The minimum atomic E-state index is -5.06. The summed E-state index contributed by atoms with van der Waals surface area (Å²) < 4.78 is 37.8. The third kappa shape index (κ3) is 6.06. The second-order valence-corrected chi connectivity index (χ2v) is 9.80. The van der Waals surface area contributed by atoms with Gasteiger partial charge in [0.15, 0.2) is 0 Å². The van der Waals surface area contributed by atoms with Crippen molar-refractivity contribution in [2.45, 2.75) is 23.6 Å². The van der Waals surface area contributed by atoms with Gasteiger partial charge in [0, 0.05) is 28.4 Å². The maximum atomic E-state index is 12.7. The Morgan fingerprint density at radius 3 is 2.59 bits per heavy atom. The molecule has 0 aromatic heterocycles. The highest BCUT2D eigenvalue weighted by Gasteiger charge is 2.23. The smallest absolute Gasteiger partial charge is 0.381 e. The van der Waals surface area contributed by atoms with Crippen molar-refractivity contribution in [3.8, 4) is 5.75 Å². The first-order chi connectivity index (χ1) is 16.2. The lowest BCUT2D eigenvalue weighted by Crippen LogP contribution is -2.26. The molecule has 0 spiro atoms. The average molecular weight is 502 g/mol. The Bertz CT molecular complexity index is 1350. The van der Waals surface area contributed by atoms with Crippen molar-refractivity contribution in [1.29, 1.82) is 0 Å². The van der Waals surface area contributed by atoms with Crippen LogP contribution in [0.15, 0.2) is 71.6 Å². The van der Waals surface area contributed by atoms with E-state index in [0.29, 0.717) is 29.2 Å². The van der Waals surface area contributed by atoms with E-state index in [2.05, 4.69) is 20.1 Å². The molecule has 0 bridgehead atoms. The van der Waals surface area contributed by atoms with E-state index in [1.165, 1.54) is 23.9 Å². The van der Waals surface area contributed by atoms with Crippen LogP contribution in [0.2, 0.25) is 0 Å². The molecule has 8 nitrogen and oxygen atoms in total. The van der Waals surface area contributed by atoms with Gasteiger partial charge < -0.3 is 20.1 Å². The molecule has 1 unspecified atom stereocenters. The Labute approximate surface area is 200 Å². The van der Waals surface area contributed by atoms with Crippen LogP contribution < -0.4 is 20.1 Å². The Morgan fingerprint density at radius 1 is 1.09 bits per heavy atom. The first kappa shape index (κ1) is 23.6. The van der Waals surface area contributed by atoms with Crippen molar-refractivity contribution in [1.82, 2.24) is 0 Å². The molecule has 176 valence electrons. The zero-order valence-corrected chi connectivity index (χ0v) is 19.5. The number of carbonyl (C=O) groups is 2. The number of hydrogen-bond donors (Lipinski definition) is 3. The van der Waals surface area contributed by atoms with Gasteiger partial charge in [-0.25, -0.2) is 0 Å². The normalized spacial score (nSPS) is 15.1. The molecule has 1 atom stereocenters. The highest BCUT2D eigenvalue weighted by molar-refractivity contribution is 8.01. The van der Waals surface area contributed by atoms with Crippen molar-refractivity contribution in [3.63, 3.8) is 0 Å². The molecule has 3 aromatic carbocycles. The summed E-state index contributed by atoms with van der Waals surface area (Å²) in [4.78, 5) is 25.6. The molecule has 0 aliphatic carbocycles. The molecule has 34 heavy (non-hydrogen) atoms. The second kappa shape index (κ2) is 9.74. The molecule has 0 saturated carbocycles. The largest absolute Gasteiger partial charge is 0.488 e. The number of fused-ring (bicyclic) bond motifs is 1. The highest BCUT2D eigenvalue weighted by atomic mass is 32.3. The highest BCUT2D eigenvalue weighted by Crippen LogP contribution is 2.36. The molecule has 1 heterocycles. The third-order valence-corrected chi connectivity index (χ3v) is 6.47. The van der Waals surface area contributed by atoms with E-state index in [1.54, 1.807) is 36.4 Å². The van der Waals surface area contributed by atoms with E-state index in [-0.39, 0.29) is 22.8 Å². The first-order valence-corrected chi connectivity index (χ1v) is 12.3. The molecular formula is C23H20FN3O5S2. The van der Waals surface area contributed by atoms with E-state index in [4.69, 9.17) is 0 Å². The summed E-state index contributed by atoms with van der Waals surface area (Å²) >= 11 is 1.45. The monoisotopic (exact) mass is 501 g/mol. The van der Waals surface area contributed by atoms with Gasteiger partial charge in [0.25, 0.3) is 5.91 Å². The Morgan fingerprint density at radius 2 is 1.85 bits per heavy atom. The summed E-state index contributed by atoms with van der Waals surface area (Å²) in [5, 5.41) is 8.65. The van der Waals surface area contributed by atoms with Crippen LogP contribution in [0, 0.1) is 0 Å². The number of benzene rings is 3. The topological polar surface area (TPSA) is 114 Å². The van der Waals surface area contributed by atoms with Crippen molar-refractivity contribution < 1.29 is 26.1 Å². The number of nitrogens with one attached hydrogen (secondary N) is 3. The number of anilines is 3. The molecule has 1 aliphatic heterocycles. The quantitative estimate of drug-likeness (QED) is 0.406. The van der Waals surface area contributed by atoms with Gasteiger partial charge in [0.05, 0.1) is 10.9 Å². The van der Waals surface area contributed by atoms with Gasteiger partial charge in [0.1, 0.15) is 5.75 Å². The fourth-order valence-electron chi connectivity index (χ4n) is 3.26. The van der Waals surface area contributed by atoms with Gasteiger partial charge in [-0.1, -0.05) is 16.0 Å². The molecule has 4 rings (SSSR count). The van der Waals surface area contributed by atoms with E-state index in [1.807, 2.05) is 25.1 Å². The predicted octanol–water partition coefficient (Wildman–Crippen LogP) is 4.58. The van der Waals surface area contributed by atoms with E-state index >= 15 is 0 Å². The SMILES string of the molecule is CC1Sc2ccc(C(=O)Nc3cccc(CNc4ccc(OS(=O)(=O)F)cc4)c3)cc2NC1=O. The fraction of sp³-hybridized carbons (Fsp3) is 0.130. The lowest BCUT2D eigenvalue weighted by atomic mass is 10.1. The summed E-state index contributed by atoms with van der Waals surface area (Å²) in [5.74, 6) is -0.526. The predicted molar refractivity (Wildman–Crippen MR) is 129 cm³/mol. The Kier molecular flexibility index (Phi) is 6.75. The Hall–Kier alpha value is -3.57. The van der Waals surface area contributed by atoms with E-state index in [0.717, 1.165) is 10.5 Å². The summed E-state index contributed by atoms with van der Waals surface area (Å²) in [7, 11) is -5.06. The number of halogens is 1. The van der Waals surface area contributed by atoms with Gasteiger partial charge in [-0.3, -0.25) is 9.59 Å². The first-order valence-electron chi connectivity index (χ1n) is 10.2. The van der Waals surface area contributed by atoms with Crippen LogP contribution in [0.25, 0.3) is 0 Å². The summed E-state index contributed by atoms with van der Waals surface area (Å²) in [6, 6.07) is 18.2. The van der Waals surface area contributed by atoms with Crippen molar-refractivity contribution in [2.75, 3.05) is 16.0 Å². The minimum Gasteiger partial charge on any atom is -0.381 e. The summed E-state index contributed by atoms with van der Waals surface area (Å²) in [6.07, 6.45) is 0. The zero-order valence-electron chi connectivity index (χ0n) is 17.9. The molecule has 0 radical (unpaired) electrons. The van der Waals surface area contributed by atoms with Crippen LogP contribution in [0.3, 0.4) is 0 Å². The van der Waals surface area contributed by atoms with Gasteiger partial charge in [0.2, 0.25) is 5.91 Å². The number of thioether (sulfide) groups is 1. The molecule has 0 fully saturated rings.